The molecule has 0 bridgehead atoms. The Hall–Kier alpha value is -2.54. The van der Waals surface area contributed by atoms with Gasteiger partial charge in [0.25, 0.3) is 0 Å². The molecule has 1 aliphatic rings. The van der Waals surface area contributed by atoms with Gasteiger partial charge in [-0.15, -0.1) is 0 Å². The summed E-state index contributed by atoms with van der Waals surface area (Å²) in [6.45, 7) is 3.30. The highest BCUT2D eigenvalue weighted by molar-refractivity contribution is 5.76. The van der Waals surface area contributed by atoms with Crippen LogP contribution < -0.4 is 14.8 Å². The van der Waals surface area contributed by atoms with Crippen molar-refractivity contribution in [3.05, 3.63) is 42.2 Å². The SMILES string of the molecule is CCc1ccccc1OCCC(=O)N[C@H]1COC[C@H]1Oc1cnn(C)c1. The van der Waals surface area contributed by atoms with Crippen LogP contribution in [-0.4, -0.2) is 47.7 Å². The Balaban J connectivity index is 1.45. The third-order valence-corrected chi connectivity index (χ3v) is 4.28. The van der Waals surface area contributed by atoms with Crippen LogP contribution in [0, 0.1) is 0 Å². The Kier molecular flexibility index (Phi) is 6.12. The molecule has 7 nitrogen and oxygen atoms in total. The van der Waals surface area contributed by atoms with Crippen LogP contribution in [0.2, 0.25) is 0 Å². The number of aryl methyl sites for hydroxylation is 2. The van der Waals surface area contributed by atoms with Crippen molar-refractivity contribution in [2.24, 2.45) is 7.05 Å². The summed E-state index contributed by atoms with van der Waals surface area (Å²) in [5, 5.41) is 7.05. The number of hydrogen-bond acceptors (Lipinski definition) is 5. The Bertz CT molecular complexity index is 731. The summed E-state index contributed by atoms with van der Waals surface area (Å²) in [5.74, 6) is 1.43. The van der Waals surface area contributed by atoms with Gasteiger partial charge in [0.15, 0.2) is 5.75 Å². The summed E-state index contributed by atoms with van der Waals surface area (Å²) >= 11 is 0. The first-order valence-electron chi connectivity index (χ1n) is 8.89. The smallest absolute Gasteiger partial charge is 0.223 e. The lowest BCUT2D eigenvalue weighted by Crippen LogP contribution is -2.45. The van der Waals surface area contributed by atoms with E-state index in [1.54, 1.807) is 17.1 Å². The number of amides is 1. The summed E-state index contributed by atoms with van der Waals surface area (Å²) in [6, 6.07) is 7.71. The number of hydrogen-bond donors (Lipinski definition) is 1. The number of ether oxygens (including phenoxy) is 3. The normalized spacial score (nSPS) is 19.3. The van der Waals surface area contributed by atoms with Gasteiger partial charge in [0.1, 0.15) is 11.9 Å². The second-order valence-electron chi connectivity index (χ2n) is 6.28. The molecule has 0 aliphatic carbocycles. The summed E-state index contributed by atoms with van der Waals surface area (Å²) in [7, 11) is 1.83. The highest BCUT2D eigenvalue weighted by atomic mass is 16.5. The monoisotopic (exact) mass is 359 g/mol. The van der Waals surface area contributed by atoms with Gasteiger partial charge in [-0.3, -0.25) is 9.48 Å². The van der Waals surface area contributed by atoms with E-state index in [0.717, 1.165) is 17.7 Å². The Labute approximate surface area is 153 Å². The third kappa shape index (κ3) is 4.76. The van der Waals surface area contributed by atoms with Crippen molar-refractivity contribution >= 4 is 5.91 Å². The van der Waals surface area contributed by atoms with Crippen LogP contribution in [0.5, 0.6) is 11.5 Å². The zero-order valence-corrected chi connectivity index (χ0v) is 15.2. The number of nitrogens with zero attached hydrogens (tertiary/aromatic N) is 2. The first-order chi connectivity index (χ1) is 12.7. The van der Waals surface area contributed by atoms with E-state index in [2.05, 4.69) is 17.3 Å². The van der Waals surface area contributed by atoms with Crippen LogP contribution in [0.15, 0.2) is 36.7 Å². The Morgan fingerprint density at radius 1 is 1.38 bits per heavy atom. The fourth-order valence-electron chi connectivity index (χ4n) is 2.89. The van der Waals surface area contributed by atoms with Gasteiger partial charge in [0.2, 0.25) is 5.91 Å². The van der Waals surface area contributed by atoms with Gasteiger partial charge in [-0.25, -0.2) is 0 Å². The lowest BCUT2D eigenvalue weighted by atomic mass is 10.1. The number of carbonyl (C=O) groups is 1. The molecule has 0 unspecified atom stereocenters. The fourth-order valence-corrected chi connectivity index (χ4v) is 2.89. The number of aromatic nitrogens is 2. The van der Waals surface area contributed by atoms with Crippen molar-refractivity contribution in [2.75, 3.05) is 19.8 Å². The van der Waals surface area contributed by atoms with E-state index in [0.29, 0.717) is 25.6 Å². The third-order valence-electron chi connectivity index (χ3n) is 4.28. The van der Waals surface area contributed by atoms with Gasteiger partial charge in [0.05, 0.1) is 44.7 Å². The number of para-hydroxylation sites is 1. The van der Waals surface area contributed by atoms with Crippen LogP contribution in [0.1, 0.15) is 18.9 Å². The van der Waals surface area contributed by atoms with Crippen molar-refractivity contribution in [1.29, 1.82) is 0 Å². The zero-order chi connectivity index (χ0) is 18.4. The molecular weight excluding hydrogens is 334 g/mol. The van der Waals surface area contributed by atoms with E-state index in [1.807, 2.05) is 31.3 Å². The summed E-state index contributed by atoms with van der Waals surface area (Å²) in [5.41, 5.74) is 1.14. The topological polar surface area (TPSA) is 74.6 Å². The number of nitrogens with one attached hydrogen (secondary N) is 1. The molecule has 1 saturated heterocycles. The lowest BCUT2D eigenvalue weighted by molar-refractivity contribution is -0.122. The van der Waals surface area contributed by atoms with Gasteiger partial charge < -0.3 is 19.5 Å². The molecule has 2 aromatic rings. The first kappa shape index (κ1) is 18.3. The molecule has 3 rings (SSSR count). The van der Waals surface area contributed by atoms with Crippen molar-refractivity contribution < 1.29 is 19.0 Å². The molecule has 1 N–H and O–H groups in total. The second kappa shape index (κ2) is 8.71. The van der Waals surface area contributed by atoms with Gasteiger partial charge in [-0.05, 0) is 18.1 Å². The predicted molar refractivity (Wildman–Crippen MR) is 96.3 cm³/mol. The Morgan fingerprint density at radius 3 is 3.00 bits per heavy atom. The van der Waals surface area contributed by atoms with E-state index in [9.17, 15) is 4.79 Å². The summed E-state index contributed by atoms with van der Waals surface area (Å²) in [4.78, 5) is 12.2. The van der Waals surface area contributed by atoms with Crippen molar-refractivity contribution in [2.45, 2.75) is 31.9 Å². The minimum atomic E-state index is -0.218. The summed E-state index contributed by atoms with van der Waals surface area (Å²) in [6.07, 6.45) is 4.40. The molecule has 0 radical (unpaired) electrons. The molecule has 140 valence electrons. The van der Waals surface area contributed by atoms with E-state index in [-0.39, 0.29) is 24.5 Å². The fraction of sp³-hybridized carbons (Fsp3) is 0.474. The van der Waals surface area contributed by atoms with Crippen LogP contribution >= 0.6 is 0 Å². The van der Waals surface area contributed by atoms with E-state index in [1.165, 1.54) is 0 Å². The molecule has 0 saturated carbocycles. The van der Waals surface area contributed by atoms with Gasteiger partial charge >= 0.3 is 0 Å². The van der Waals surface area contributed by atoms with Gasteiger partial charge in [0, 0.05) is 7.05 Å². The maximum atomic E-state index is 12.2. The molecule has 0 spiro atoms. The number of carbonyl (C=O) groups excluding carboxylic acids is 1. The molecule has 2 heterocycles. The second-order valence-corrected chi connectivity index (χ2v) is 6.28. The van der Waals surface area contributed by atoms with Crippen molar-refractivity contribution in [3.63, 3.8) is 0 Å². The highest BCUT2D eigenvalue weighted by Crippen LogP contribution is 2.19. The number of benzene rings is 1. The maximum Gasteiger partial charge on any atom is 0.223 e. The first-order valence-corrected chi connectivity index (χ1v) is 8.89. The predicted octanol–water partition coefficient (Wildman–Crippen LogP) is 1.71. The van der Waals surface area contributed by atoms with Crippen molar-refractivity contribution in [3.8, 4) is 11.5 Å². The largest absolute Gasteiger partial charge is 0.493 e. The maximum absolute atomic E-state index is 12.2. The molecule has 7 heteroatoms. The van der Waals surface area contributed by atoms with Crippen LogP contribution in [0.4, 0.5) is 0 Å². The molecule has 1 amide bonds. The number of rotatable bonds is 8. The average Bonchev–Trinajstić information content (AvgIpc) is 3.24. The van der Waals surface area contributed by atoms with Gasteiger partial charge in [-0.1, -0.05) is 25.1 Å². The quantitative estimate of drug-likeness (QED) is 0.777. The van der Waals surface area contributed by atoms with E-state index < -0.39 is 0 Å². The standard InChI is InChI=1S/C19H25N3O4/c1-3-14-6-4-5-7-17(14)25-9-8-19(23)21-16-12-24-13-18(16)26-15-10-20-22(2)11-15/h4-7,10-11,16,18H,3,8-9,12-13H2,1-2H3,(H,21,23)/t16-,18+/m0/s1. The van der Waals surface area contributed by atoms with Crippen LogP contribution in [0.3, 0.4) is 0 Å². The minimum absolute atomic E-state index is 0.0748. The summed E-state index contributed by atoms with van der Waals surface area (Å²) < 4.78 is 18.7. The average molecular weight is 359 g/mol. The van der Waals surface area contributed by atoms with Crippen LogP contribution in [-0.2, 0) is 23.0 Å². The zero-order valence-electron chi connectivity index (χ0n) is 15.2. The molecule has 1 aliphatic heterocycles. The molecule has 26 heavy (non-hydrogen) atoms. The molecule has 1 aromatic heterocycles. The molecule has 1 aromatic carbocycles. The van der Waals surface area contributed by atoms with Gasteiger partial charge in [-0.2, -0.15) is 5.10 Å². The molecule has 1 fully saturated rings. The minimum Gasteiger partial charge on any atom is -0.493 e. The molecule has 2 atom stereocenters. The highest BCUT2D eigenvalue weighted by Gasteiger charge is 2.31. The Morgan fingerprint density at radius 2 is 2.23 bits per heavy atom. The van der Waals surface area contributed by atoms with Crippen LogP contribution in [0.25, 0.3) is 0 Å². The van der Waals surface area contributed by atoms with E-state index >= 15 is 0 Å². The van der Waals surface area contributed by atoms with E-state index in [4.69, 9.17) is 14.2 Å². The molecular formula is C19H25N3O4. The van der Waals surface area contributed by atoms with Crippen molar-refractivity contribution in [1.82, 2.24) is 15.1 Å². The lowest BCUT2D eigenvalue weighted by Gasteiger charge is -2.19.